The van der Waals surface area contributed by atoms with E-state index in [4.69, 9.17) is 4.74 Å². The number of ether oxygens (including phenoxy) is 1. The molecule has 4 nitrogen and oxygen atoms in total. The molecule has 1 saturated heterocycles. The Balaban J connectivity index is 2.34. The molecule has 2 rings (SSSR count). The normalized spacial score (nSPS) is 28.7. The quantitative estimate of drug-likeness (QED) is 0.464. The Labute approximate surface area is 63.2 Å². The maximum atomic E-state index is 11.0. The zero-order chi connectivity index (χ0) is 7.84. The van der Waals surface area contributed by atoms with Gasteiger partial charge in [-0.15, -0.1) is 0 Å². The Hall–Kier alpha value is -1.32. The second kappa shape index (κ2) is 2.08. The van der Waals surface area contributed by atoms with Crippen molar-refractivity contribution in [1.82, 2.24) is 5.32 Å². The van der Waals surface area contributed by atoms with Crippen LogP contribution in [0.2, 0.25) is 0 Å². The van der Waals surface area contributed by atoms with E-state index in [1.54, 1.807) is 0 Å². The summed E-state index contributed by atoms with van der Waals surface area (Å²) in [4.78, 5) is 21.6. The van der Waals surface area contributed by atoms with E-state index < -0.39 is 5.97 Å². The minimum absolute atomic E-state index is 0.0835. The van der Waals surface area contributed by atoms with E-state index in [0.717, 1.165) is 0 Å². The highest BCUT2D eigenvalue weighted by atomic mass is 16.5. The van der Waals surface area contributed by atoms with Crippen molar-refractivity contribution >= 4 is 11.9 Å². The van der Waals surface area contributed by atoms with Gasteiger partial charge in [-0.1, -0.05) is 0 Å². The Morgan fingerprint density at radius 3 is 3.18 bits per heavy atom. The number of cyclic esters (lactones) is 1. The van der Waals surface area contributed by atoms with Crippen LogP contribution in [-0.2, 0) is 14.3 Å². The Bertz CT molecular complexity index is 256. The van der Waals surface area contributed by atoms with Crippen LogP contribution in [0.25, 0.3) is 0 Å². The van der Waals surface area contributed by atoms with Crippen molar-refractivity contribution in [2.24, 2.45) is 5.92 Å². The minimum atomic E-state index is -0.409. The molecule has 0 radical (unpaired) electrons. The van der Waals surface area contributed by atoms with Crippen LogP contribution in [0.5, 0.6) is 0 Å². The molecule has 2 aliphatic rings. The fourth-order valence-corrected chi connectivity index (χ4v) is 1.30. The van der Waals surface area contributed by atoms with Gasteiger partial charge < -0.3 is 10.1 Å². The van der Waals surface area contributed by atoms with Gasteiger partial charge in [-0.2, -0.15) is 0 Å². The lowest BCUT2D eigenvalue weighted by Crippen LogP contribution is -2.21. The summed E-state index contributed by atoms with van der Waals surface area (Å²) in [5.41, 5.74) is 0.571. The Morgan fingerprint density at radius 1 is 1.55 bits per heavy atom. The molecule has 2 aliphatic heterocycles. The molecule has 58 valence electrons. The van der Waals surface area contributed by atoms with E-state index in [-0.39, 0.29) is 11.8 Å². The van der Waals surface area contributed by atoms with Crippen molar-refractivity contribution < 1.29 is 14.3 Å². The van der Waals surface area contributed by atoms with E-state index in [1.165, 1.54) is 6.08 Å². The molecule has 0 bridgehead atoms. The summed E-state index contributed by atoms with van der Waals surface area (Å²) in [6.45, 7) is 0.932. The van der Waals surface area contributed by atoms with Crippen molar-refractivity contribution in [3.63, 3.8) is 0 Å². The number of rotatable bonds is 0. The number of carbonyl (C=O) groups excluding carboxylic acids is 2. The van der Waals surface area contributed by atoms with E-state index in [2.05, 4.69) is 5.32 Å². The van der Waals surface area contributed by atoms with E-state index >= 15 is 0 Å². The summed E-state index contributed by atoms with van der Waals surface area (Å²) in [5, 5.41) is 2.64. The molecule has 1 fully saturated rings. The maximum Gasteiger partial charge on any atom is 0.331 e. The highest BCUT2D eigenvalue weighted by Gasteiger charge is 2.32. The van der Waals surface area contributed by atoms with Crippen LogP contribution < -0.4 is 5.32 Å². The molecule has 1 amide bonds. The largest absolute Gasteiger partial charge is 0.462 e. The summed E-state index contributed by atoms with van der Waals surface area (Å²) < 4.78 is 4.73. The third kappa shape index (κ3) is 0.906. The van der Waals surface area contributed by atoms with Gasteiger partial charge in [0.25, 0.3) is 0 Å². The van der Waals surface area contributed by atoms with Crippen LogP contribution in [0.4, 0.5) is 0 Å². The average molecular weight is 153 g/mol. The van der Waals surface area contributed by atoms with Gasteiger partial charge >= 0.3 is 5.97 Å². The van der Waals surface area contributed by atoms with Gasteiger partial charge in [-0.05, 0) is 0 Å². The highest BCUT2D eigenvalue weighted by molar-refractivity contribution is 6.02. The molecule has 0 aliphatic carbocycles. The smallest absolute Gasteiger partial charge is 0.331 e. The number of nitrogens with one attached hydrogen (secondary N) is 1. The topological polar surface area (TPSA) is 55.4 Å². The van der Waals surface area contributed by atoms with Gasteiger partial charge in [-0.3, -0.25) is 4.79 Å². The molecule has 0 spiro atoms. The van der Waals surface area contributed by atoms with Crippen LogP contribution in [-0.4, -0.2) is 25.0 Å². The zero-order valence-electron chi connectivity index (χ0n) is 5.79. The zero-order valence-corrected chi connectivity index (χ0v) is 5.79. The minimum Gasteiger partial charge on any atom is -0.462 e. The Kier molecular flexibility index (Phi) is 1.21. The van der Waals surface area contributed by atoms with Crippen molar-refractivity contribution in [3.8, 4) is 0 Å². The van der Waals surface area contributed by atoms with Crippen LogP contribution >= 0.6 is 0 Å². The fourth-order valence-electron chi connectivity index (χ4n) is 1.30. The molecule has 1 unspecified atom stereocenters. The number of hydrogen-bond donors (Lipinski definition) is 1. The molecule has 0 aromatic rings. The summed E-state index contributed by atoms with van der Waals surface area (Å²) in [5.74, 6) is -0.458. The number of fused-ring (bicyclic) bond motifs is 1. The first-order valence-electron chi connectivity index (χ1n) is 3.44. The molecule has 0 aromatic carbocycles. The molecule has 2 heterocycles. The molecule has 0 saturated carbocycles. The van der Waals surface area contributed by atoms with Gasteiger partial charge in [0.1, 0.15) is 6.61 Å². The van der Waals surface area contributed by atoms with Gasteiger partial charge in [0.2, 0.25) is 5.91 Å². The standard InChI is InChI=1S/C7H7NO3/c9-6-1-5-4(3-11-6)2-8-7(5)10/h1,4H,2-3H2,(H,8,10). The number of hydrogen-bond acceptors (Lipinski definition) is 3. The van der Waals surface area contributed by atoms with Crippen molar-refractivity contribution in [2.75, 3.05) is 13.2 Å². The van der Waals surface area contributed by atoms with Crippen LogP contribution in [0.1, 0.15) is 0 Å². The summed E-state index contributed by atoms with van der Waals surface area (Å²) >= 11 is 0. The predicted molar refractivity (Wildman–Crippen MR) is 35.5 cm³/mol. The monoisotopic (exact) mass is 153 g/mol. The lowest BCUT2D eigenvalue weighted by molar-refractivity contribution is -0.140. The average Bonchev–Trinajstić information content (AvgIpc) is 2.33. The third-order valence-corrected chi connectivity index (χ3v) is 1.91. The second-order valence-electron chi connectivity index (χ2n) is 2.64. The number of esters is 1. The number of carbonyl (C=O) groups is 2. The second-order valence-corrected chi connectivity index (χ2v) is 2.64. The van der Waals surface area contributed by atoms with Crippen LogP contribution in [0.15, 0.2) is 11.6 Å². The van der Waals surface area contributed by atoms with E-state index in [9.17, 15) is 9.59 Å². The van der Waals surface area contributed by atoms with Crippen LogP contribution in [0.3, 0.4) is 0 Å². The molecule has 1 N–H and O–H groups in total. The van der Waals surface area contributed by atoms with Gasteiger partial charge in [0.05, 0.1) is 0 Å². The lowest BCUT2D eigenvalue weighted by atomic mass is 10.0. The molecule has 1 atom stereocenters. The first-order valence-corrected chi connectivity index (χ1v) is 3.44. The summed E-state index contributed by atoms with van der Waals surface area (Å²) in [7, 11) is 0. The lowest BCUT2D eigenvalue weighted by Gasteiger charge is -2.13. The Morgan fingerprint density at radius 2 is 2.36 bits per heavy atom. The van der Waals surface area contributed by atoms with Gasteiger partial charge in [0.15, 0.2) is 0 Å². The van der Waals surface area contributed by atoms with Gasteiger partial charge in [0, 0.05) is 24.1 Å². The molecular formula is C7H7NO3. The van der Waals surface area contributed by atoms with Crippen LogP contribution in [0, 0.1) is 5.92 Å². The SMILES string of the molecule is O=C1C=C2C(=O)NCC2CO1. The molecule has 4 heteroatoms. The van der Waals surface area contributed by atoms with Crippen molar-refractivity contribution in [3.05, 3.63) is 11.6 Å². The van der Waals surface area contributed by atoms with E-state index in [1.807, 2.05) is 0 Å². The molecule has 0 aromatic heterocycles. The van der Waals surface area contributed by atoms with E-state index in [0.29, 0.717) is 18.7 Å². The predicted octanol–water partition coefficient (Wildman–Crippen LogP) is -0.784. The first kappa shape index (κ1) is 6.39. The first-order chi connectivity index (χ1) is 5.27. The van der Waals surface area contributed by atoms with Gasteiger partial charge in [-0.25, -0.2) is 4.79 Å². The summed E-state index contributed by atoms with van der Waals surface area (Å²) in [6.07, 6.45) is 1.27. The van der Waals surface area contributed by atoms with Crippen molar-refractivity contribution in [2.45, 2.75) is 0 Å². The summed E-state index contributed by atoms with van der Waals surface area (Å²) in [6, 6.07) is 0. The molecule has 11 heavy (non-hydrogen) atoms. The fraction of sp³-hybridized carbons (Fsp3) is 0.429. The third-order valence-electron chi connectivity index (χ3n) is 1.91. The highest BCUT2D eigenvalue weighted by Crippen LogP contribution is 2.20. The van der Waals surface area contributed by atoms with Crippen molar-refractivity contribution in [1.29, 1.82) is 0 Å². The number of amides is 1. The maximum absolute atomic E-state index is 11.0. The molecular weight excluding hydrogens is 146 g/mol.